The molecule has 0 saturated carbocycles. The molecule has 0 aliphatic heterocycles. The number of anilines is 1. The van der Waals surface area contributed by atoms with Gasteiger partial charge in [-0.15, -0.1) is 11.3 Å². The third-order valence-corrected chi connectivity index (χ3v) is 6.17. The summed E-state index contributed by atoms with van der Waals surface area (Å²) >= 11 is 2.27. The predicted octanol–water partition coefficient (Wildman–Crippen LogP) is 6.73. The Morgan fingerprint density at radius 1 is 1.12 bits per heavy atom. The summed E-state index contributed by atoms with van der Waals surface area (Å²) in [5, 5.41) is 18.3. The summed E-state index contributed by atoms with van der Waals surface area (Å²) < 4.78 is 38.1. The van der Waals surface area contributed by atoms with Gasteiger partial charge < -0.3 is 0 Å². The standard InChI is InChI=1S/C22H14F3N5O2S2/c23-22(24,25)16-7-9-20(26-12-16)34-19-8-6-14(10-18(19)30(31)32)11-27-29-21-28-17(13-33-21)15-4-2-1-3-5-15/h1-13H,(H,28,29). The molecule has 0 spiro atoms. The van der Waals surface area contributed by atoms with Gasteiger partial charge in [-0.3, -0.25) is 15.5 Å². The molecule has 0 fully saturated rings. The molecule has 34 heavy (non-hydrogen) atoms. The molecule has 1 N–H and O–H groups in total. The number of benzene rings is 2. The summed E-state index contributed by atoms with van der Waals surface area (Å²) in [6, 6.07) is 16.1. The van der Waals surface area contributed by atoms with Crippen molar-refractivity contribution in [2.24, 2.45) is 5.10 Å². The van der Waals surface area contributed by atoms with E-state index in [4.69, 9.17) is 0 Å². The summed E-state index contributed by atoms with van der Waals surface area (Å²) in [7, 11) is 0. The van der Waals surface area contributed by atoms with Crippen LogP contribution in [0.5, 0.6) is 0 Å². The minimum absolute atomic E-state index is 0.206. The van der Waals surface area contributed by atoms with Crippen molar-refractivity contribution >= 4 is 40.1 Å². The molecule has 4 rings (SSSR count). The van der Waals surface area contributed by atoms with Crippen LogP contribution in [0.1, 0.15) is 11.1 Å². The third-order valence-electron chi connectivity index (χ3n) is 4.41. The first-order valence-corrected chi connectivity index (χ1v) is 11.3. The SMILES string of the molecule is O=[N+]([O-])c1cc(C=NNc2nc(-c3ccccc3)cs2)ccc1Sc1ccc(C(F)(F)F)cn1. The number of hydrogen-bond donors (Lipinski definition) is 1. The number of rotatable bonds is 7. The zero-order valence-electron chi connectivity index (χ0n) is 17.1. The Bertz CT molecular complexity index is 1330. The molecule has 2 aromatic carbocycles. The summed E-state index contributed by atoms with van der Waals surface area (Å²) in [5.74, 6) is 0. The van der Waals surface area contributed by atoms with Gasteiger partial charge in [-0.05, 0) is 18.2 Å². The molecule has 7 nitrogen and oxygen atoms in total. The van der Waals surface area contributed by atoms with Gasteiger partial charge in [0.2, 0.25) is 5.13 Å². The van der Waals surface area contributed by atoms with Crippen LogP contribution in [-0.2, 0) is 6.18 Å². The number of hydrazone groups is 1. The maximum absolute atomic E-state index is 12.7. The number of nitro benzene ring substituents is 1. The fourth-order valence-electron chi connectivity index (χ4n) is 2.79. The average molecular weight is 502 g/mol. The van der Waals surface area contributed by atoms with Crippen LogP contribution in [0.25, 0.3) is 11.3 Å². The van der Waals surface area contributed by atoms with Crippen molar-refractivity contribution in [3.63, 3.8) is 0 Å². The van der Waals surface area contributed by atoms with Gasteiger partial charge in [-0.1, -0.05) is 48.2 Å². The molecule has 4 aromatic rings. The molecule has 0 amide bonds. The Labute approximate surface area is 199 Å². The highest BCUT2D eigenvalue weighted by Crippen LogP contribution is 2.36. The number of halogens is 3. The second kappa shape index (κ2) is 10.0. The topological polar surface area (TPSA) is 93.3 Å². The molecule has 172 valence electrons. The van der Waals surface area contributed by atoms with E-state index in [1.54, 1.807) is 6.07 Å². The maximum atomic E-state index is 12.7. The van der Waals surface area contributed by atoms with Crippen molar-refractivity contribution in [1.29, 1.82) is 0 Å². The lowest BCUT2D eigenvalue weighted by atomic mass is 10.2. The molecule has 0 saturated heterocycles. The summed E-state index contributed by atoms with van der Waals surface area (Å²) in [4.78, 5) is 19.4. The fraction of sp³-hybridized carbons (Fsp3) is 0.0455. The molecule has 2 heterocycles. The lowest BCUT2D eigenvalue weighted by Crippen LogP contribution is -2.05. The van der Waals surface area contributed by atoms with Crippen molar-refractivity contribution in [2.45, 2.75) is 16.1 Å². The lowest BCUT2D eigenvalue weighted by molar-refractivity contribution is -0.387. The zero-order chi connectivity index (χ0) is 24.1. The first kappa shape index (κ1) is 23.4. The quantitative estimate of drug-likeness (QED) is 0.171. The first-order valence-electron chi connectivity index (χ1n) is 9.59. The summed E-state index contributed by atoms with van der Waals surface area (Å²) in [6.45, 7) is 0. The van der Waals surface area contributed by atoms with Crippen molar-refractivity contribution in [3.8, 4) is 11.3 Å². The first-order chi connectivity index (χ1) is 16.3. The number of nitro groups is 1. The molecule has 12 heteroatoms. The van der Waals surface area contributed by atoms with Gasteiger partial charge in [0.05, 0.1) is 27.3 Å². The Hall–Kier alpha value is -3.77. The van der Waals surface area contributed by atoms with Gasteiger partial charge in [-0.2, -0.15) is 18.3 Å². The number of alkyl halides is 3. The van der Waals surface area contributed by atoms with E-state index in [0.717, 1.165) is 29.1 Å². The molecule has 0 aliphatic rings. The Morgan fingerprint density at radius 3 is 2.59 bits per heavy atom. The second-order valence-corrected chi connectivity index (χ2v) is 8.66. The van der Waals surface area contributed by atoms with Crippen molar-refractivity contribution < 1.29 is 18.1 Å². The largest absolute Gasteiger partial charge is 0.417 e. The third kappa shape index (κ3) is 5.77. The van der Waals surface area contributed by atoms with Crippen LogP contribution >= 0.6 is 23.1 Å². The molecule has 2 aromatic heterocycles. The Morgan fingerprint density at radius 2 is 1.91 bits per heavy atom. The van der Waals surface area contributed by atoms with E-state index in [0.29, 0.717) is 16.9 Å². The highest BCUT2D eigenvalue weighted by molar-refractivity contribution is 7.99. The lowest BCUT2D eigenvalue weighted by Gasteiger charge is -2.07. The molecule has 0 radical (unpaired) electrons. The van der Waals surface area contributed by atoms with Crippen LogP contribution in [0.2, 0.25) is 0 Å². The molecule has 0 unspecified atom stereocenters. The van der Waals surface area contributed by atoms with E-state index in [-0.39, 0.29) is 15.6 Å². The highest BCUT2D eigenvalue weighted by Gasteiger charge is 2.30. The Kier molecular flexibility index (Phi) is 6.89. The summed E-state index contributed by atoms with van der Waals surface area (Å²) in [5.41, 5.74) is 3.94. The number of hydrogen-bond acceptors (Lipinski definition) is 8. The van der Waals surface area contributed by atoms with E-state index in [1.165, 1.54) is 35.8 Å². The van der Waals surface area contributed by atoms with Crippen LogP contribution in [0.15, 0.2) is 87.3 Å². The minimum Gasteiger partial charge on any atom is -0.258 e. The highest BCUT2D eigenvalue weighted by atomic mass is 32.2. The number of thiazole rings is 1. The van der Waals surface area contributed by atoms with E-state index in [9.17, 15) is 23.3 Å². The van der Waals surface area contributed by atoms with E-state index in [2.05, 4.69) is 20.5 Å². The smallest absolute Gasteiger partial charge is 0.258 e. The second-order valence-electron chi connectivity index (χ2n) is 6.74. The van der Waals surface area contributed by atoms with Crippen molar-refractivity contribution in [2.75, 3.05) is 5.43 Å². The van der Waals surface area contributed by atoms with Crippen molar-refractivity contribution in [1.82, 2.24) is 9.97 Å². The van der Waals surface area contributed by atoms with Crippen LogP contribution in [0.4, 0.5) is 24.0 Å². The Balaban J connectivity index is 1.46. The number of nitrogens with one attached hydrogen (secondary N) is 1. The van der Waals surface area contributed by atoms with Crippen LogP contribution in [-0.4, -0.2) is 21.1 Å². The van der Waals surface area contributed by atoms with Gasteiger partial charge >= 0.3 is 6.18 Å². The van der Waals surface area contributed by atoms with E-state index in [1.807, 2.05) is 35.7 Å². The predicted molar refractivity (Wildman–Crippen MR) is 125 cm³/mol. The minimum atomic E-state index is -4.50. The van der Waals surface area contributed by atoms with Gasteiger partial charge in [-0.25, -0.2) is 9.97 Å². The van der Waals surface area contributed by atoms with Crippen LogP contribution < -0.4 is 5.43 Å². The van der Waals surface area contributed by atoms with Gasteiger partial charge in [0.15, 0.2) is 0 Å². The van der Waals surface area contributed by atoms with Crippen LogP contribution in [0.3, 0.4) is 0 Å². The number of aromatic nitrogens is 2. The zero-order valence-corrected chi connectivity index (χ0v) is 18.7. The van der Waals surface area contributed by atoms with Gasteiger partial charge in [0.1, 0.15) is 5.03 Å². The fourth-order valence-corrected chi connectivity index (χ4v) is 4.30. The monoisotopic (exact) mass is 501 g/mol. The molecule has 0 aliphatic carbocycles. The summed E-state index contributed by atoms with van der Waals surface area (Å²) in [6.07, 6.45) is -2.39. The maximum Gasteiger partial charge on any atom is 0.417 e. The van der Waals surface area contributed by atoms with Crippen molar-refractivity contribution in [3.05, 3.63) is 93.5 Å². The molecular weight excluding hydrogens is 487 g/mol. The number of pyridine rings is 1. The molecular formula is C22H14F3N5O2S2. The molecule has 0 atom stereocenters. The van der Waals surface area contributed by atoms with Gasteiger partial charge in [0.25, 0.3) is 5.69 Å². The molecule has 0 bridgehead atoms. The number of nitrogens with zero attached hydrogens (tertiary/aromatic N) is 4. The normalized spacial score (nSPS) is 11.6. The average Bonchev–Trinajstić information content (AvgIpc) is 3.29. The van der Waals surface area contributed by atoms with Gasteiger partial charge in [0, 0.05) is 28.8 Å². The van der Waals surface area contributed by atoms with Crippen LogP contribution in [0, 0.1) is 10.1 Å². The van der Waals surface area contributed by atoms with E-state index < -0.39 is 16.7 Å². The van der Waals surface area contributed by atoms with E-state index >= 15 is 0 Å².